The first-order valence-electron chi connectivity index (χ1n) is 7.03. The lowest BCUT2D eigenvalue weighted by atomic mass is 10.2. The average molecular weight is 313 g/mol. The summed E-state index contributed by atoms with van der Waals surface area (Å²) in [4.78, 5) is 14.6. The maximum Gasteiger partial charge on any atom is 0.224 e. The summed E-state index contributed by atoms with van der Waals surface area (Å²) in [5, 5.41) is 4.20. The Bertz CT molecular complexity index is 502. The number of carbonyl (C=O) groups excluding carboxylic acids is 1. The highest BCUT2D eigenvalue weighted by atomic mass is 35.5. The maximum absolute atomic E-state index is 12.2. The molecule has 1 aliphatic carbocycles. The Morgan fingerprint density at radius 1 is 1.25 bits per heavy atom. The predicted molar refractivity (Wildman–Crippen MR) is 80.9 cm³/mol. The molecule has 0 spiro atoms. The van der Waals surface area contributed by atoms with E-state index >= 15 is 0 Å². The highest BCUT2D eigenvalue weighted by Crippen LogP contribution is 2.51. The molecule has 2 fully saturated rings. The van der Waals surface area contributed by atoms with Gasteiger partial charge in [0, 0.05) is 35.6 Å². The van der Waals surface area contributed by atoms with E-state index < -0.39 is 0 Å². The third-order valence-electron chi connectivity index (χ3n) is 4.41. The highest BCUT2D eigenvalue weighted by molar-refractivity contribution is 6.34. The summed E-state index contributed by atoms with van der Waals surface area (Å²) in [7, 11) is 0. The SMILES string of the molecule is CCN1CC2C(C1)C2C(=O)NCc1cc(Cl)cc(Cl)c1. The van der Waals surface area contributed by atoms with Crippen LogP contribution < -0.4 is 5.32 Å². The first-order chi connectivity index (χ1) is 9.58. The fourth-order valence-corrected chi connectivity index (χ4v) is 3.85. The van der Waals surface area contributed by atoms with Crippen LogP contribution in [0.2, 0.25) is 10.0 Å². The summed E-state index contributed by atoms with van der Waals surface area (Å²) < 4.78 is 0. The Balaban J connectivity index is 1.52. The van der Waals surface area contributed by atoms with Crippen molar-refractivity contribution in [2.24, 2.45) is 17.8 Å². The molecule has 2 atom stereocenters. The number of piperidine rings is 1. The van der Waals surface area contributed by atoms with Crippen LogP contribution in [-0.2, 0) is 11.3 Å². The lowest BCUT2D eigenvalue weighted by Crippen LogP contribution is -2.31. The van der Waals surface area contributed by atoms with Crippen LogP contribution >= 0.6 is 23.2 Å². The number of benzene rings is 1. The molecule has 1 amide bonds. The summed E-state index contributed by atoms with van der Waals surface area (Å²) in [5.41, 5.74) is 0.942. The van der Waals surface area contributed by atoms with Gasteiger partial charge in [0.25, 0.3) is 0 Å². The van der Waals surface area contributed by atoms with E-state index in [1.165, 1.54) is 0 Å². The first-order valence-corrected chi connectivity index (χ1v) is 7.79. The van der Waals surface area contributed by atoms with Crippen LogP contribution in [0, 0.1) is 17.8 Å². The van der Waals surface area contributed by atoms with E-state index in [0.29, 0.717) is 28.4 Å². The number of fused-ring (bicyclic) bond motifs is 1. The van der Waals surface area contributed by atoms with Gasteiger partial charge in [-0.1, -0.05) is 30.1 Å². The maximum atomic E-state index is 12.2. The zero-order valence-electron chi connectivity index (χ0n) is 11.4. The van der Waals surface area contributed by atoms with Crippen LogP contribution in [0.5, 0.6) is 0 Å². The molecule has 0 aromatic heterocycles. The minimum absolute atomic E-state index is 0.173. The van der Waals surface area contributed by atoms with E-state index in [1.807, 2.05) is 12.1 Å². The van der Waals surface area contributed by atoms with Gasteiger partial charge >= 0.3 is 0 Å². The summed E-state index contributed by atoms with van der Waals surface area (Å²) in [6, 6.07) is 5.36. The van der Waals surface area contributed by atoms with Crippen molar-refractivity contribution in [2.45, 2.75) is 13.5 Å². The van der Waals surface area contributed by atoms with E-state index in [9.17, 15) is 4.79 Å². The Hall–Kier alpha value is -0.770. The van der Waals surface area contributed by atoms with Crippen molar-refractivity contribution in [1.29, 1.82) is 0 Å². The van der Waals surface area contributed by atoms with Crippen LogP contribution in [0.25, 0.3) is 0 Å². The minimum Gasteiger partial charge on any atom is -0.352 e. The largest absolute Gasteiger partial charge is 0.352 e. The molecule has 5 heteroatoms. The van der Waals surface area contributed by atoms with Crippen LogP contribution in [0.4, 0.5) is 0 Å². The molecule has 2 aliphatic rings. The summed E-state index contributed by atoms with van der Waals surface area (Å²) in [6.45, 7) is 5.89. The second-order valence-corrected chi connectivity index (χ2v) is 6.57. The number of nitrogens with one attached hydrogen (secondary N) is 1. The van der Waals surface area contributed by atoms with Crippen molar-refractivity contribution in [1.82, 2.24) is 10.2 Å². The van der Waals surface area contributed by atoms with E-state index in [2.05, 4.69) is 17.1 Å². The van der Waals surface area contributed by atoms with Crippen LogP contribution in [0.1, 0.15) is 12.5 Å². The molecule has 1 aliphatic heterocycles. The minimum atomic E-state index is 0.173. The zero-order valence-corrected chi connectivity index (χ0v) is 12.9. The Kier molecular flexibility index (Phi) is 3.93. The molecule has 3 rings (SSSR count). The molecular weight excluding hydrogens is 295 g/mol. The van der Waals surface area contributed by atoms with Gasteiger partial charge in [0.1, 0.15) is 0 Å². The second kappa shape index (κ2) is 5.55. The smallest absolute Gasteiger partial charge is 0.224 e. The Morgan fingerprint density at radius 2 is 1.85 bits per heavy atom. The van der Waals surface area contributed by atoms with Crippen molar-refractivity contribution in [3.05, 3.63) is 33.8 Å². The van der Waals surface area contributed by atoms with Crippen molar-refractivity contribution in [3.63, 3.8) is 0 Å². The molecular formula is C15H18Cl2N2O. The van der Waals surface area contributed by atoms with Gasteiger partial charge in [0.2, 0.25) is 5.91 Å². The van der Waals surface area contributed by atoms with Gasteiger partial charge in [0.05, 0.1) is 0 Å². The van der Waals surface area contributed by atoms with Gasteiger partial charge in [-0.25, -0.2) is 0 Å². The standard InChI is InChI=1S/C15H18Cl2N2O/c1-2-19-7-12-13(8-19)14(12)15(20)18-6-9-3-10(16)5-11(17)4-9/h3-5,12-14H,2,6-8H2,1H3,(H,18,20). The fraction of sp³-hybridized carbons (Fsp3) is 0.533. The molecule has 0 bridgehead atoms. The molecule has 2 unspecified atom stereocenters. The van der Waals surface area contributed by atoms with Crippen molar-refractivity contribution in [2.75, 3.05) is 19.6 Å². The molecule has 108 valence electrons. The Morgan fingerprint density at radius 3 is 2.40 bits per heavy atom. The van der Waals surface area contributed by atoms with Gasteiger partial charge in [-0.3, -0.25) is 4.79 Å². The lowest BCUT2D eigenvalue weighted by Gasteiger charge is -2.16. The van der Waals surface area contributed by atoms with Gasteiger partial charge in [-0.05, 0) is 42.1 Å². The molecule has 1 aromatic carbocycles. The normalized spacial score (nSPS) is 28.2. The summed E-state index contributed by atoms with van der Waals surface area (Å²) in [5.74, 6) is 1.52. The Labute approximate surface area is 129 Å². The molecule has 3 nitrogen and oxygen atoms in total. The third kappa shape index (κ3) is 2.80. The number of hydrogen-bond acceptors (Lipinski definition) is 2. The number of nitrogens with zero attached hydrogens (tertiary/aromatic N) is 1. The van der Waals surface area contributed by atoms with Gasteiger partial charge in [-0.2, -0.15) is 0 Å². The number of likely N-dealkylation sites (tertiary alicyclic amines) is 1. The van der Waals surface area contributed by atoms with E-state index in [1.54, 1.807) is 6.07 Å². The molecule has 1 N–H and O–H groups in total. The third-order valence-corrected chi connectivity index (χ3v) is 4.85. The predicted octanol–water partition coefficient (Wildman–Crippen LogP) is 2.81. The summed E-state index contributed by atoms with van der Waals surface area (Å²) >= 11 is 11.9. The highest BCUT2D eigenvalue weighted by Gasteiger charge is 2.58. The van der Waals surface area contributed by atoms with Gasteiger partial charge in [-0.15, -0.1) is 0 Å². The van der Waals surface area contributed by atoms with Gasteiger partial charge < -0.3 is 10.2 Å². The molecule has 20 heavy (non-hydrogen) atoms. The number of rotatable bonds is 4. The second-order valence-electron chi connectivity index (χ2n) is 5.70. The first kappa shape index (κ1) is 14.2. The van der Waals surface area contributed by atoms with Crippen molar-refractivity contribution in [3.8, 4) is 0 Å². The molecule has 1 aromatic rings. The molecule has 1 saturated heterocycles. The van der Waals surface area contributed by atoms with E-state index in [4.69, 9.17) is 23.2 Å². The van der Waals surface area contributed by atoms with Crippen LogP contribution in [-0.4, -0.2) is 30.4 Å². The van der Waals surface area contributed by atoms with E-state index in [0.717, 1.165) is 25.2 Å². The van der Waals surface area contributed by atoms with Crippen molar-refractivity contribution >= 4 is 29.1 Å². The quantitative estimate of drug-likeness (QED) is 0.927. The topological polar surface area (TPSA) is 32.3 Å². The average Bonchev–Trinajstić information content (AvgIpc) is 2.90. The fourth-order valence-electron chi connectivity index (χ4n) is 3.28. The van der Waals surface area contributed by atoms with Gasteiger partial charge in [0.15, 0.2) is 0 Å². The summed E-state index contributed by atoms with van der Waals surface area (Å²) in [6.07, 6.45) is 0. The number of amides is 1. The number of carbonyl (C=O) groups is 1. The number of hydrogen-bond donors (Lipinski definition) is 1. The van der Waals surface area contributed by atoms with E-state index in [-0.39, 0.29) is 11.8 Å². The molecule has 1 heterocycles. The molecule has 0 radical (unpaired) electrons. The zero-order chi connectivity index (χ0) is 14.3. The number of halogens is 2. The molecule has 1 saturated carbocycles. The lowest BCUT2D eigenvalue weighted by molar-refractivity contribution is -0.123. The van der Waals surface area contributed by atoms with Crippen LogP contribution in [0.15, 0.2) is 18.2 Å². The van der Waals surface area contributed by atoms with Crippen LogP contribution in [0.3, 0.4) is 0 Å². The van der Waals surface area contributed by atoms with Crippen molar-refractivity contribution < 1.29 is 4.79 Å². The monoisotopic (exact) mass is 312 g/mol.